The Hall–Kier alpha value is -1.29. The summed E-state index contributed by atoms with van der Waals surface area (Å²) < 4.78 is 5.11. The van der Waals surface area contributed by atoms with Crippen LogP contribution in [0.2, 0.25) is 0 Å². The van der Waals surface area contributed by atoms with Crippen molar-refractivity contribution in [1.82, 2.24) is 0 Å². The van der Waals surface area contributed by atoms with Crippen LogP contribution in [-0.4, -0.2) is 38.0 Å². The number of benzene rings is 1. The van der Waals surface area contributed by atoms with E-state index in [9.17, 15) is 4.79 Å². The van der Waals surface area contributed by atoms with Crippen LogP contribution >= 0.6 is 0 Å². The first-order valence-corrected chi connectivity index (χ1v) is 5.93. The van der Waals surface area contributed by atoms with Gasteiger partial charge >= 0.3 is 5.97 Å². The number of rotatable bonds is 3. The molecule has 0 unspecified atom stereocenters. The highest BCUT2D eigenvalue weighted by Gasteiger charge is 2.35. The lowest BCUT2D eigenvalue weighted by Gasteiger charge is -2.49. The van der Waals surface area contributed by atoms with Gasteiger partial charge in [-0.2, -0.15) is 0 Å². The van der Waals surface area contributed by atoms with Crippen molar-refractivity contribution in [3.05, 3.63) is 35.9 Å². The predicted octanol–water partition coefficient (Wildman–Crippen LogP) is 1.42. The van der Waals surface area contributed by atoms with Crippen molar-refractivity contribution in [2.24, 2.45) is 0 Å². The lowest BCUT2D eigenvalue weighted by Crippen LogP contribution is -2.52. The van der Waals surface area contributed by atoms with Crippen LogP contribution < -0.4 is 0 Å². The van der Waals surface area contributed by atoms with Gasteiger partial charge in [-0.05, 0) is 6.42 Å². The lowest BCUT2D eigenvalue weighted by molar-refractivity contribution is -0.834. The van der Waals surface area contributed by atoms with Crippen LogP contribution in [-0.2, 0) is 16.1 Å². The van der Waals surface area contributed by atoms with Gasteiger partial charge in [-0.1, -0.05) is 30.3 Å². The van der Waals surface area contributed by atoms with E-state index in [0.29, 0.717) is 6.54 Å². The SMILES string of the molecule is [B-][N@@+]1(Cc2ccccc2)CCC[C@H]1C(=O)OC. The van der Waals surface area contributed by atoms with E-state index < -0.39 is 0 Å². The molecule has 2 rings (SSSR count). The Labute approximate surface area is 103 Å². The Morgan fingerprint density at radius 3 is 2.82 bits per heavy atom. The Kier molecular flexibility index (Phi) is 3.53. The summed E-state index contributed by atoms with van der Waals surface area (Å²) in [6, 6.07) is 9.82. The second kappa shape index (κ2) is 4.92. The number of likely N-dealkylation sites (tertiary alicyclic amines) is 1. The van der Waals surface area contributed by atoms with Gasteiger partial charge in [-0.25, -0.2) is 12.8 Å². The summed E-state index contributed by atoms with van der Waals surface area (Å²) in [4.78, 5) is 11.7. The third-order valence-corrected chi connectivity index (χ3v) is 3.47. The van der Waals surface area contributed by atoms with Crippen molar-refractivity contribution in [1.29, 1.82) is 0 Å². The van der Waals surface area contributed by atoms with Gasteiger partial charge in [0.25, 0.3) is 0 Å². The zero-order valence-corrected chi connectivity index (χ0v) is 10.1. The van der Waals surface area contributed by atoms with Crippen molar-refractivity contribution < 1.29 is 13.9 Å². The monoisotopic (exact) mass is 230 g/mol. The van der Waals surface area contributed by atoms with E-state index >= 15 is 0 Å². The summed E-state index contributed by atoms with van der Waals surface area (Å²) in [5.74, 6) is -0.194. The third kappa shape index (κ3) is 2.52. The van der Waals surface area contributed by atoms with E-state index in [4.69, 9.17) is 12.7 Å². The van der Waals surface area contributed by atoms with Crippen LogP contribution in [0.3, 0.4) is 0 Å². The molecule has 2 atom stereocenters. The summed E-state index contributed by atoms with van der Waals surface area (Å²) in [7, 11) is 7.77. The molecule has 0 N–H and O–H groups in total. The largest absolute Gasteiger partial charge is 0.573 e. The molecule has 0 spiro atoms. The van der Waals surface area contributed by atoms with Gasteiger partial charge < -0.3 is 9.13 Å². The number of ether oxygens (including phenoxy) is 1. The fourth-order valence-corrected chi connectivity index (χ4v) is 2.57. The maximum atomic E-state index is 11.7. The van der Waals surface area contributed by atoms with Gasteiger partial charge in [0.1, 0.15) is 6.04 Å². The van der Waals surface area contributed by atoms with Crippen LogP contribution in [0.5, 0.6) is 0 Å². The van der Waals surface area contributed by atoms with Crippen molar-refractivity contribution >= 4 is 14.0 Å². The minimum Gasteiger partial charge on any atom is -0.573 e. The first-order chi connectivity index (χ1) is 8.15. The highest BCUT2D eigenvalue weighted by atomic mass is 16.5. The van der Waals surface area contributed by atoms with E-state index in [1.165, 1.54) is 7.11 Å². The van der Waals surface area contributed by atoms with E-state index in [-0.39, 0.29) is 16.4 Å². The number of nitrogens with zero attached hydrogens (tertiary/aromatic N) is 1. The smallest absolute Gasteiger partial charge is 0.360 e. The van der Waals surface area contributed by atoms with Gasteiger partial charge in [0.2, 0.25) is 0 Å². The summed E-state index contributed by atoms with van der Waals surface area (Å²) >= 11 is 0. The quantitative estimate of drug-likeness (QED) is 0.579. The lowest BCUT2D eigenvalue weighted by atomic mass is 10.0. The molecule has 3 nitrogen and oxygen atoms in total. The number of methoxy groups -OCH3 is 1. The topological polar surface area (TPSA) is 26.3 Å². The molecule has 1 aromatic carbocycles. The zero-order valence-electron chi connectivity index (χ0n) is 10.1. The molecule has 1 aliphatic heterocycles. The number of quaternary nitrogens is 1. The Balaban J connectivity index is 2.15. The van der Waals surface area contributed by atoms with Crippen LogP contribution in [0.25, 0.3) is 0 Å². The molecule has 1 aromatic rings. The summed E-state index contributed by atoms with van der Waals surface area (Å²) in [5.41, 5.74) is 1.16. The Morgan fingerprint density at radius 1 is 1.47 bits per heavy atom. The van der Waals surface area contributed by atoms with E-state index in [0.717, 1.165) is 24.9 Å². The predicted molar refractivity (Wildman–Crippen MR) is 66.1 cm³/mol. The van der Waals surface area contributed by atoms with E-state index in [2.05, 4.69) is 0 Å². The first kappa shape index (κ1) is 12.2. The molecule has 0 bridgehead atoms. The Morgan fingerprint density at radius 2 is 2.18 bits per heavy atom. The molecule has 17 heavy (non-hydrogen) atoms. The van der Waals surface area contributed by atoms with Crippen molar-refractivity contribution in [3.8, 4) is 0 Å². The second-order valence-electron chi connectivity index (χ2n) is 4.65. The highest BCUT2D eigenvalue weighted by molar-refractivity contribution is 5.99. The van der Waals surface area contributed by atoms with Crippen LogP contribution in [0, 0.1) is 0 Å². The van der Waals surface area contributed by atoms with Gasteiger partial charge in [0.15, 0.2) is 0 Å². The first-order valence-electron chi connectivity index (χ1n) is 5.93. The average Bonchev–Trinajstić information content (AvgIpc) is 2.71. The molecule has 0 aromatic heterocycles. The summed E-state index contributed by atoms with van der Waals surface area (Å²) in [6.07, 6.45) is 1.79. The fourth-order valence-electron chi connectivity index (χ4n) is 2.57. The number of hydrogen-bond donors (Lipinski definition) is 0. The van der Waals surface area contributed by atoms with Crippen LogP contribution in [0.15, 0.2) is 30.3 Å². The number of hydrogen-bond acceptors (Lipinski definition) is 2. The molecule has 1 heterocycles. The minimum atomic E-state index is -0.222. The van der Waals surface area contributed by atoms with E-state index in [1.807, 2.05) is 30.3 Å². The molecule has 89 valence electrons. The molecule has 1 fully saturated rings. The minimum absolute atomic E-state index is 0.194. The van der Waals surface area contributed by atoms with Gasteiger partial charge in [-0.15, -0.1) is 0 Å². The standard InChI is InChI=1S/C13H17BNO2/c1-17-13(16)12-8-5-9-15(12,14)10-11-6-3-2-4-7-11/h2-4,6-7,12H,5,8-10H2,1H3/t12-,15+/m0/s1. The van der Waals surface area contributed by atoms with Crippen molar-refractivity contribution in [2.75, 3.05) is 13.7 Å². The van der Waals surface area contributed by atoms with Crippen LogP contribution in [0.1, 0.15) is 18.4 Å². The molecule has 0 amide bonds. The normalized spacial score (nSPS) is 28.0. The van der Waals surface area contributed by atoms with Crippen molar-refractivity contribution in [2.45, 2.75) is 25.4 Å². The van der Waals surface area contributed by atoms with Gasteiger partial charge in [0.05, 0.1) is 13.7 Å². The molecular formula is C13H17BNO2. The third-order valence-electron chi connectivity index (χ3n) is 3.47. The molecule has 4 heteroatoms. The molecule has 1 aliphatic rings. The molecule has 1 saturated heterocycles. The Bertz CT molecular complexity index is 396. The number of carbonyl (C=O) groups excluding carboxylic acids is 1. The number of esters is 1. The molecule has 3 radical (unpaired) electrons. The molecule has 0 aliphatic carbocycles. The van der Waals surface area contributed by atoms with Crippen LogP contribution in [0.4, 0.5) is 0 Å². The van der Waals surface area contributed by atoms with Gasteiger partial charge in [0, 0.05) is 18.5 Å². The maximum Gasteiger partial charge on any atom is 0.360 e. The summed E-state index contributed by atoms with van der Waals surface area (Å²) in [6.45, 7) is 1.51. The maximum absolute atomic E-state index is 11.7. The zero-order chi connectivity index (χ0) is 12.3. The fraction of sp³-hybridized carbons (Fsp3) is 0.462. The second-order valence-corrected chi connectivity index (χ2v) is 4.65. The molecular weight excluding hydrogens is 213 g/mol. The molecule has 0 saturated carbocycles. The average molecular weight is 230 g/mol. The van der Waals surface area contributed by atoms with Gasteiger partial charge in [-0.3, -0.25) is 0 Å². The number of carbonyl (C=O) groups is 1. The van der Waals surface area contributed by atoms with Crippen molar-refractivity contribution in [3.63, 3.8) is 0 Å². The summed E-state index contributed by atoms with van der Waals surface area (Å²) in [5, 5.41) is 0. The van der Waals surface area contributed by atoms with E-state index in [1.54, 1.807) is 0 Å². The highest BCUT2D eigenvalue weighted by Crippen LogP contribution is 2.27.